The van der Waals surface area contributed by atoms with Crippen LogP contribution in [0.5, 0.6) is 0 Å². The van der Waals surface area contributed by atoms with Gasteiger partial charge in [0, 0.05) is 32.9 Å². The first-order valence-corrected chi connectivity index (χ1v) is 37.1. The average molecular weight is 882 g/mol. The van der Waals surface area contributed by atoms with Crippen LogP contribution in [0, 0.1) is 0 Å². The Morgan fingerprint density at radius 3 is 0.903 bits per heavy atom. The third-order valence-electron chi connectivity index (χ3n) is 16.1. The maximum Gasteiger partial charge on any atom is 0.0837 e. The molecule has 2 fully saturated rings. The van der Waals surface area contributed by atoms with E-state index in [0.717, 1.165) is 11.1 Å². The van der Waals surface area contributed by atoms with Crippen LogP contribution < -0.4 is 20.7 Å². The molecule has 318 valence electrons. The molecule has 2 aromatic heterocycles. The molecule has 0 N–H and O–H groups in total. The molecule has 0 aliphatic heterocycles. The molecule has 2 nitrogen and oxygen atoms in total. The molecule has 10 rings (SSSR count). The second-order valence-electron chi connectivity index (χ2n) is 22.6. The molecular weight excluding hydrogens is 813 g/mol. The third-order valence-corrected chi connectivity index (χ3v) is 29.0. The quantitative estimate of drug-likeness (QED) is 0.128. The van der Waals surface area contributed by atoms with Gasteiger partial charge in [0.25, 0.3) is 0 Å². The SMILES string of the molecule is C[Si](C)(C)c1ccc2c(c1)c1cc([Si](C)(C)C3CCCC3)ccc1n2-c1ccc(-c2ccc(-n3c4ccc([Si](C)(C)C)cc4c4cc([Si](C)(C)C5CCCC5)ccc43)cc2)cc1. The van der Waals surface area contributed by atoms with Crippen molar-refractivity contribution in [2.24, 2.45) is 0 Å². The molecule has 6 aromatic carbocycles. The van der Waals surface area contributed by atoms with Crippen molar-refractivity contribution in [1.82, 2.24) is 9.13 Å². The number of benzene rings is 6. The van der Waals surface area contributed by atoms with Crippen molar-refractivity contribution in [1.29, 1.82) is 0 Å². The number of hydrogen-bond acceptors (Lipinski definition) is 0. The third kappa shape index (κ3) is 7.08. The maximum absolute atomic E-state index is 2.63. The van der Waals surface area contributed by atoms with E-state index in [1.807, 2.05) is 0 Å². The van der Waals surface area contributed by atoms with E-state index < -0.39 is 32.3 Å². The Kier molecular flexibility index (Phi) is 10.3. The molecule has 0 bridgehead atoms. The molecule has 6 heteroatoms. The Bertz CT molecular complexity index is 2770. The fourth-order valence-corrected chi connectivity index (χ4v) is 20.7. The van der Waals surface area contributed by atoms with Crippen LogP contribution in [-0.2, 0) is 0 Å². The maximum atomic E-state index is 2.63. The minimum atomic E-state index is -1.59. The Morgan fingerprint density at radius 2 is 0.613 bits per heavy atom. The van der Waals surface area contributed by atoms with Crippen molar-refractivity contribution < 1.29 is 0 Å². The molecule has 62 heavy (non-hydrogen) atoms. The van der Waals surface area contributed by atoms with Crippen LogP contribution in [0.4, 0.5) is 0 Å². The highest BCUT2D eigenvalue weighted by atomic mass is 28.3. The zero-order valence-corrected chi connectivity index (χ0v) is 43.3. The summed E-state index contributed by atoms with van der Waals surface area (Å²) in [5.74, 6) is 0. The van der Waals surface area contributed by atoms with Gasteiger partial charge in [0.2, 0.25) is 0 Å². The van der Waals surface area contributed by atoms with Gasteiger partial charge in [0.15, 0.2) is 0 Å². The Morgan fingerprint density at radius 1 is 0.339 bits per heavy atom. The molecule has 8 aromatic rings. The number of hydrogen-bond donors (Lipinski definition) is 0. The van der Waals surface area contributed by atoms with Crippen molar-refractivity contribution in [3.8, 4) is 22.5 Å². The van der Waals surface area contributed by atoms with E-state index in [1.165, 1.54) is 128 Å². The first kappa shape index (κ1) is 41.8. The molecule has 2 heterocycles. The lowest BCUT2D eigenvalue weighted by molar-refractivity contribution is 0.845. The second-order valence-corrected chi connectivity index (χ2v) is 42.4. The summed E-state index contributed by atoms with van der Waals surface area (Å²) in [6, 6.07) is 48.6. The van der Waals surface area contributed by atoms with E-state index in [2.05, 4.69) is 196 Å². The molecule has 2 aliphatic rings. The topological polar surface area (TPSA) is 9.86 Å². The van der Waals surface area contributed by atoms with Gasteiger partial charge in [0.1, 0.15) is 0 Å². The Balaban J connectivity index is 1.02. The van der Waals surface area contributed by atoms with Gasteiger partial charge < -0.3 is 9.13 Å². The number of aromatic nitrogens is 2. The summed E-state index contributed by atoms with van der Waals surface area (Å²) in [5, 5.41) is 12.0. The van der Waals surface area contributed by atoms with Crippen molar-refractivity contribution >= 4 is 96.7 Å². The highest BCUT2D eigenvalue weighted by Gasteiger charge is 2.37. The van der Waals surface area contributed by atoms with E-state index in [9.17, 15) is 0 Å². The molecule has 2 saturated carbocycles. The number of fused-ring (bicyclic) bond motifs is 6. The minimum absolute atomic E-state index is 0.894. The van der Waals surface area contributed by atoms with Crippen molar-refractivity contribution in [3.05, 3.63) is 121 Å². The summed E-state index contributed by atoms with van der Waals surface area (Å²) in [5.41, 5.74) is 12.0. The van der Waals surface area contributed by atoms with Gasteiger partial charge in [-0.15, -0.1) is 0 Å². The zero-order chi connectivity index (χ0) is 43.3. The Hall–Kier alpha value is -4.21. The van der Waals surface area contributed by atoms with E-state index in [1.54, 1.807) is 10.4 Å². The molecular formula is C56H68N2Si4. The first-order chi connectivity index (χ1) is 29.5. The van der Waals surface area contributed by atoms with Crippen molar-refractivity contribution in [2.75, 3.05) is 0 Å². The summed E-state index contributed by atoms with van der Waals surface area (Å²) in [7, 11) is -6.17. The van der Waals surface area contributed by atoms with Crippen LogP contribution in [0.1, 0.15) is 51.4 Å². The van der Waals surface area contributed by atoms with E-state index in [0.29, 0.717) is 0 Å². The summed E-state index contributed by atoms with van der Waals surface area (Å²) < 4.78 is 5.05. The van der Waals surface area contributed by atoms with Crippen molar-refractivity contribution in [3.63, 3.8) is 0 Å². The van der Waals surface area contributed by atoms with Crippen LogP contribution >= 0.6 is 0 Å². The van der Waals surface area contributed by atoms with Gasteiger partial charge in [-0.3, -0.25) is 0 Å². The van der Waals surface area contributed by atoms with Gasteiger partial charge in [-0.05, 0) is 70.7 Å². The standard InChI is InChI=1S/C56H68N2Si4/c1-59(2,3)45-27-31-53-49(35-45)51-37-47(61(7,8)43-15-11-12-16-43)29-33-55(51)57(53)41-23-19-39(20-24-41)40-21-25-42(26-22-40)58-54-32-28-46(60(4,5)6)36-50(54)52-38-48(30-34-56(52)58)62(9,10)44-17-13-14-18-44/h19-38,43-44H,11-18H2,1-10H3. The summed E-state index contributed by atoms with van der Waals surface area (Å²) in [4.78, 5) is 0. The number of nitrogens with zero attached hydrogens (tertiary/aromatic N) is 2. The molecule has 0 spiro atoms. The molecule has 0 amide bonds. The normalized spacial score (nSPS) is 16.2. The summed E-state index contributed by atoms with van der Waals surface area (Å²) in [6.45, 7) is 25.4. The monoisotopic (exact) mass is 880 g/mol. The van der Waals surface area contributed by atoms with Gasteiger partial charge in [-0.25, -0.2) is 0 Å². The van der Waals surface area contributed by atoms with E-state index in [4.69, 9.17) is 0 Å². The fraction of sp³-hybridized carbons (Fsp3) is 0.357. The lowest BCUT2D eigenvalue weighted by Gasteiger charge is -2.30. The highest BCUT2D eigenvalue weighted by Crippen LogP contribution is 2.41. The smallest absolute Gasteiger partial charge is 0.0837 e. The van der Waals surface area contributed by atoms with Gasteiger partial charge in [0.05, 0.1) is 54.4 Å². The molecule has 2 aliphatic carbocycles. The summed E-state index contributed by atoms with van der Waals surface area (Å²) in [6.07, 6.45) is 11.3. The fourth-order valence-electron chi connectivity index (χ4n) is 11.7. The second kappa shape index (κ2) is 15.2. The van der Waals surface area contributed by atoms with E-state index >= 15 is 0 Å². The van der Waals surface area contributed by atoms with Gasteiger partial charge in [-0.1, -0.05) is 210 Å². The molecule has 0 unspecified atom stereocenters. The largest absolute Gasteiger partial charge is 0.309 e. The average Bonchev–Trinajstić information content (AvgIpc) is 4.09. The van der Waals surface area contributed by atoms with Gasteiger partial charge in [-0.2, -0.15) is 0 Å². The lowest BCUT2D eigenvalue weighted by atomic mass is 10.0. The van der Waals surface area contributed by atoms with Crippen LogP contribution in [0.15, 0.2) is 121 Å². The predicted octanol–water partition coefficient (Wildman–Crippen LogP) is 14.4. The molecule has 0 saturated heterocycles. The van der Waals surface area contributed by atoms with Gasteiger partial charge >= 0.3 is 0 Å². The highest BCUT2D eigenvalue weighted by molar-refractivity contribution is 6.92. The summed E-state index contributed by atoms with van der Waals surface area (Å²) >= 11 is 0. The van der Waals surface area contributed by atoms with Crippen LogP contribution in [0.2, 0.25) is 76.6 Å². The van der Waals surface area contributed by atoms with Crippen LogP contribution in [-0.4, -0.2) is 41.4 Å². The minimum Gasteiger partial charge on any atom is -0.309 e. The van der Waals surface area contributed by atoms with Crippen molar-refractivity contribution in [2.45, 2.75) is 128 Å². The Labute approximate surface area is 375 Å². The lowest BCUT2D eigenvalue weighted by Crippen LogP contribution is -2.45. The van der Waals surface area contributed by atoms with Crippen LogP contribution in [0.25, 0.3) is 66.1 Å². The molecule has 0 atom stereocenters. The molecule has 0 radical (unpaired) electrons. The van der Waals surface area contributed by atoms with Crippen LogP contribution in [0.3, 0.4) is 0 Å². The number of rotatable bonds is 9. The zero-order valence-electron chi connectivity index (χ0n) is 39.3. The first-order valence-electron chi connectivity index (χ1n) is 23.9. The predicted molar refractivity (Wildman–Crippen MR) is 285 cm³/mol. The van der Waals surface area contributed by atoms with E-state index in [-0.39, 0.29) is 0 Å².